The lowest BCUT2D eigenvalue weighted by atomic mass is 10.2. The molecule has 0 aliphatic carbocycles. The summed E-state index contributed by atoms with van der Waals surface area (Å²) in [7, 11) is 0. The third kappa shape index (κ3) is 1.58. The topological polar surface area (TPSA) is 30.2 Å². The number of aldehydes is 1. The second-order valence-electron chi connectivity index (χ2n) is 2.28. The van der Waals surface area contributed by atoms with Gasteiger partial charge >= 0.3 is 0 Å². The Labute approximate surface area is 65.5 Å². The van der Waals surface area contributed by atoms with Crippen LogP contribution in [0.4, 0.5) is 0 Å². The number of furan rings is 1. The molecule has 0 aliphatic rings. The van der Waals surface area contributed by atoms with Crippen LogP contribution >= 0.6 is 0 Å². The van der Waals surface area contributed by atoms with Gasteiger partial charge in [0.15, 0.2) is 12.0 Å². The lowest BCUT2D eigenvalue weighted by molar-refractivity contribution is 0.110. The molecule has 0 unspecified atom stereocenters. The molecule has 0 aromatic carbocycles. The zero-order valence-electron chi connectivity index (χ0n) is 6.46. The van der Waals surface area contributed by atoms with Crippen LogP contribution in [0.2, 0.25) is 0 Å². The maximum atomic E-state index is 10.2. The zero-order valence-corrected chi connectivity index (χ0v) is 6.46. The van der Waals surface area contributed by atoms with E-state index in [1.54, 1.807) is 12.1 Å². The summed E-state index contributed by atoms with van der Waals surface area (Å²) < 4.78 is 5.12. The van der Waals surface area contributed by atoms with E-state index in [1.165, 1.54) is 0 Å². The molecule has 0 saturated heterocycles. The maximum absolute atomic E-state index is 10.2. The van der Waals surface area contributed by atoms with Gasteiger partial charge in [-0.3, -0.25) is 4.79 Å². The molecule has 2 heteroatoms. The van der Waals surface area contributed by atoms with Crippen molar-refractivity contribution >= 4 is 11.9 Å². The van der Waals surface area contributed by atoms with Crippen LogP contribution in [-0.4, -0.2) is 6.29 Å². The monoisotopic (exact) mass is 150 g/mol. The van der Waals surface area contributed by atoms with Gasteiger partial charge in [-0.1, -0.05) is 13.5 Å². The van der Waals surface area contributed by atoms with Crippen molar-refractivity contribution < 1.29 is 9.21 Å². The molecule has 1 aromatic heterocycles. The number of hydrogen-bond acceptors (Lipinski definition) is 2. The molecule has 0 aliphatic heterocycles. The van der Waals surface area contributed by atoms with Gasteiger partial charge in [-0.15, -0.1) is 0 Å². The molecule has 1 aromatic rings. The number of hydrogen-bond donors (Lipinski definition) is 0. The molecule has 0 amide bonds. The van der Waals surface area contributed by atoms with Crippen molar-refractivity contribution in [3.05, 3.63) is 30.2 Å². The molecule has 0 spiro atoms. The van der Waals surface area contributed by atoms with E-state index in [1.807, 2.05) is 6.92 Å². The van der Waals surface area contributed by atoms with E-state index < -0.39 is 0 Å². The van der Waals surface area contributed by atoms with Gasteiger partial charge in [-0.25, -0.2) is 0 Å². The fourth-order valence-electron chi connectivity index (χ4n) is 0.780. The van der Waals surface area contributed by atoms with Gasteiger partial charge in [-0.05, 0) is 24.1 Å². The predicted molar refractivity (Wildman–Crippen MR) is 43.4 cm³/mol. The third-order valence-electron chi connectivity index (χ3n) is 1.52. The Morgan fingerprint density at radius 3 is 2.91 bits per heavy atom. The standard InChI is InChI=1S/C9H10O2/c1-3-7(2)9-5-4-8(6-10)11-9/h4-6H,2-3H2,1H3. The van der Waals surface area contributed by atoms with Gasteiger partial charge < -0.3 is 4.42 Å². The summed E-state index contributed by atoms with van der Waals surface area (Å²) in [5.74, 6) is 1.06. The summed E-state index contributed by atoms with van der Waals surface area (Å²) in [6.07, 6.45) is 1.53. The highest BCUT2D eigenvalue weighted by Gasteiger charge is 2.01. The van der Waals surface area contributed by atoms with Crippen LogP contribution in [0.5, 0.6) is 0 Å². The first-order chi connectivity index (χ1) is 5.27. The third-order valence-corrected chi connectivity index (χ3v) is 1.52. The number of carbonyl (C=O) groups excluding carboxylic acids is 1. The average molecular weight is 150 g/mol. The van der Waals surface area contributed by atoms with Gasteiger partial charge in [0.25, 0.3) is 0 Å². The van der Waals surface area contributed by atoms with Crippen molar-refractivity contribution in [2.45, 2.75) is 13.3 Å². The number of allylic oxidation sites excluding steroid dienone is 1. The molecular formula is C9H10O2. The second kappa shape index (κ2) is 3.19. The Balaban J connectivity index is 2.88. The van der Waals surface area contributed by atoms with Crippen molar-refractivity contribution in [2.75, 3.05) is 0 Å². The molecule has 1 rings (SSSR count). The van der Waals surface area contributed by atoms with E-state index in [-0.39, 0.29) is 0 Å². The molecular weight excluding hydrogens is 140 g/mol. The Morgan fingerprint density at radius 2 is 2.45 bits per heavy atom. The summed E-state index contributed by atoms with van der Waals surface area (Å²) >= 11 is 0. The Bertz CT molecular complexity index is 271. The molecule has 1 heterocycles. The minimum Gasteiger partial charge on any atom is -0.454 e. The van der Waals surface area contributed by atoms with Gasteiger partial charge in [0.05, 0.1) is 0 Å². The minimum absolute atomic E-state index is 0.356. The van der Waals surface area contributed by atoms with Crippen LogP contribution in [0, 0.1) is 0 Å². The van der Waals surface area contributed by atoms with Gasteiger partial charge in [0, 0.05) is 0 Å². The summed E-state index contributed by atoms with van der Waals surface area (Å²) in [6, 6.07) is 3.40. The molecule has 11 heavy (non-hydrogen) atoms. The van der Waals surface area contributed by atoms with Gasteiger partial charge in [0.2, 0.25) is 0 Å². The van der Waals surface area contributed by atoms with E-state index in [9.17, 15) is 4.79 Å². The number of rotatable bonds is 3. The smallest absolute Gasteiger partial charge is 0.185 e. The van der Waals surface area contributed by atoms with Crippen molar-refractivity contribution in [1.82, 2.24) is 0 Å². The molecule has 0 fully saturated rings. The minimum atomic E-state index is 0.356. The largest absolute Gasteiger partial charge is 0.454 e. The van der Waals surface area contributed by atoms with Crippen molar-refractivity contribution in [1.29, 1.82) is 0 Å². The average Bonchev–Trinajstić information content (AvgIpc) is 2.50. The fourth-order valence-corrected chi connectivity index (χ4v) is 0.780. The van der Waals surface area contributed by atoms with E-state index in [4.69, 9.17) is 4.42 Å². The molecule has 0 saturated carbocycles. The molecule has 0 bridgehead atoms. The van der Waals surface area contributed by atoms with E-state index in [0.29, 0.717) is 17.8 Å². The Kier molecular flexibility index (Phi) is 2.26. The van der Waals surface area contributed by atoms with Gasteiger partial charge in [0.1, 0.15) is 5.76 Å². The highest BCUT2D eigenvalue weighted by atomic mass is 16.3. The molecule has 0 radical (unpaired) electrons. The van der Waals surface area contributed by atoms with Crippen molar-refractivity contribution in [2.24, 2.45) is 0 Å². The van der Waals surface area contributed by atoms with Crippen LogP contribution in [0.3, 0.4) is 0 Å². The first kappa shape index (κ1) is 7.79. The first-order valence-electron chi connectivity index (χ1n) is 3.51. The molecule has 0 atom stereocenters. The lowest BCUT2D eigenvalue weighted by Crippen LogP contribution is -1.74. The number of carbonyl (C=O) groups is 1. The maximum Gasteiger partial charge on any atom is 0.185 e. The summed E-state index contributed by atoms with van der Waals surface area (Å²) in [5, 5.41) is 0. The normalized spacial score (nSPS) is 9.55. The van der Waals surface area contributed by atoms with Crippen molar-refractivity contribution in [3.63, 3.8) is 0 Å². The van der Waals surface area contributed by atoms with Crippen LogP contribution in [-0.2, 0) is 0 Å². The quantitative estimate of drug-likeness (QED) is 0.620. The van der Waals surface area contributed by atoms with Crippen molar-refractivity contribution in [3.8, 4) is 0 Å². The van der Waals surface area contributed by atoms with Crippen LogP contribution < -0.4 is 0 Å². The summed E-state index contributed by atoms with van der Waals surface area (Å²) in [5.41, 5.74) is 0.915. The lowest BCUT2D eigenvalue weighted by Gasteiger charge is -1.93. The predicted octanol–water partition coefficient (Wildman–Crippen LogP) is 2.52. The summed E-state index contributed by atoms with van der Waals surface area (Å²) in [4.78, 5) is 10.2. The van der Waals surface area contributed by atoms with Gasteiger partial charge in [-0.2, -0.15) is 0 Å². The van der Waals surface area contributed by atoms with E-state index in [0.717, 1.165) is 12.0 Å². The highest BCUT2D eigenvalue weighted by Crippen LogP contribution is 2.17. The van der Waals surface area contributed by atoms with E-state index >= 15 is 0 Å². The molecule has 2 nitrogen and oxygen atoms in total. The van der Waals surface area contributed by atoms with E-state index in [2.05, 4.69) is 6.58 Å². The SMILES string of the molecule is C=C(CC)c1ccc(C=O)o1. The zero-order chi connectivity index (χ0) is 8.27. The van der Waals surface area contributed by atoms with Crippen LogP contribution in [0.15, 0.2) is 23.1 Å². The molecule has 0 N–H and O–H groups in total. The summed E-state index contributed by atoms with van der Waals surface area (Å²) in [6.45, 7) is 5.77. The van der Waals surface area contributed by atoms with Crippen LogP contribution in [0.25, 0.3) is 5.57 Å². The fraction of sp³-hybridized carbons (Fsp3) is 0.222. The Hall–Kier alpha value is -1.31. The first-order valence-corrected chi connectivity index (χ1v) is 3.51. The highest BCUT2D eigenvalue weighted by molar-refractivity contribution is 5.72. The van der Waals surface area contributed by atoms with Crippen LogP contribution in [0.1, 0.15) is 29.7 Å². The Morgan fingerprint density at radius 1 is 1.73 bits per heavy atom. The molecule has 58 valence electrons. The second-order valence-corrected chi connectivity index (χ2v) is 2.28.